The molecule has 1 unspecified atom stereocenters. The van der Waals surface area contributed by atoms with Gasteiger partial charge in [0, 0.05) is 30.9 Å². The van der Waals surface area contributed by atoms with E-state index >= 15 is 0 Å². The van der Waals surface area contributed by atoms with E-state index in [9.17, 15) is 9.59 Å². The standard InChI is InChI=1S/C23H23N3O2/c27-21(12-7-15-25-23(28)20-10-5-2-6-11-20)26-22(18-8-3-1-4-9-18)19-13-16-24-17-14-19/h1-6,8-11,13-14,16-17,22H,7,12,15H2,(H,25,28)(H,26,27). The summed E-state index contributed by atoms with van der Waals surface area (Å²) in [4.78, 5) is 28.5. The molecule has 2 aromatic carbocycles. The molecule has 0 radical (unpaired) electrons. The quantitative estimate of drug-likeness (QED) is 0.594. The van der Waals surface area contributed by atoms with Gasteiger partial charge >= 0.3 is 0 Å². The first-order valence-corrected chi connectivity index (χ1v) is 9.31. The summed E-state index contributed by atoms with van der Waals surface area (Å²) in [6.07, 6.45) is 4.35. The Morgan fingerprint density at radius 2 is 1.43 bits per heavy atom. The van der Waals surface area contributed by atoms with Crippen molar-refractivity contribution in [2.75, 3.05) is 6.54 Å². The van der Waals surface area contributed by atoms with Crippen molar-refractivity contribution in [1.29, 1.82) is 0 Å². The average Bonchev–Trinajstić information content (AvgIpc) is 2.76. The number of rotatable bonds is 8. The Kier molecular flexibility index (Phi) is 6.90. The van der Waals surface area contributed by atoms with Gasteiger partial charge in [-0.15, -0.1) is 0 Å². The number of aromatic nitrogens is 1. The fourth-order valence-corrected chi connectivity index (χ4v) is 2.94. The molecule has 1 heterocycles. The molecule has 0 bridgehead atoms. The van der Waals surface area contributed by atoms with E-state index in [0.29, 0.717) is 24.9 Å². The van der Waals surface area contributed by atoms with Gasteiger partial charge in [-0.1, -0.05) is 48.5 Å². The second-order valence-electron chi connectivity index (χ2n) is 6.42. The van der Waals surface area contributed by atoms with Crippen LogP contribution in [-0.4, -0.2) is 23.3 Å². The minimum absolute atomic E-state index is 0.0559. The number of nitrogens with zero attached hydrogens (tertiary/aromatic N) is 1. The Labute approximate surface area is 164 Å². The fourth-order valence-electron chi connectivity index (χ4n) is 2.94. The summed E-state index contributed by atoms with van der Waals surface area (Å²) in [5, 5.41) is 5.93. The Balaban J connectivity index is 1.52. The summed E-state index contributed by atoms with van der Waals surface area (Å²) in [6.45, 7) is 0.451. The predicted octanol–water partition coefficient (Wildman–Crippen LogP) is 3.50. The van der Waals surface area contributed by atoms with Gasteiger partial charge < -0.3 is 10.6 Å². The number of pyridine rings is 1. The van der Waals surface area contributed by atoms with Crippen LogP contribution in [0.5, 0.6) is 0 Å². The van der Waals surface area contributed by atoms with Crippen molar-refractivity contribution in [3.8, 4) is 0 Å². The van der Waals surface area contributed by atoms with Crippen molar-refractivity contribution in [2.24, 2.45) is 0 Å². The van der Waals surface area contributed by atoms with Crippen molar-refractivity contribution in [3.05, 3.63) is 102 Å². The van der Waals surface area contributed by atoms with Crippen molar-refractivity contribution in [2.45, 2.75) is 18.9 Å². The van der Waals surface area contributed by atoms with Crippen LogP contribution in [0.3, 0.4) is 0 Å². The first-order chi connectivity index (χ1) is 13.7. The van der Waals surface area contributed by atoms with E-state index in [0.717, 1.165) is 11.1 Å². The molecule has 0 aliphatic rings. The molecule has 0 aliphatic carbocycles. The molecule has 1 aromatic heterocycles. The van der Waals surface area contributed by atoms with E-state index < -0.39 is 0 Å². The third kappa shape index (κ3) is 5.51. The maximum atomic E-state index is 12.5. The van der Waals surface area contributed by atoms with E-state index in [1.807, 2.05) is 60.7 Å². The molecule has 2 amide bonds. The summed E-state index contributed by atoms with van der Waals surface area (Å²) in [6, 6.07) is 22.5. The smallest absolute Gasteiger partial charge is 0.251 e. The lowest BCUT2D eigenvalue weighted by atomic mass is 9.99. The number of carbonyl (C=O) groups is 2. The zero-order valence-corrected chi connectivity index (χ0v) is 15.5. The highest BCUT2D eigenvalue weighted by molar-refractivity contribution is 5.94. The third-order valence-electron chi connectivity index (χ3n) is 4.38. The van der Waals surface area contributed by atoms with E-state index in [-0.39, 0.29) is 17.9 Å². The number of nitrogens with one attached hydrogen (secondary N) is 2. The Morgan fingerprint density at radius 3 is 2.11 bits per heavy atom. The maximum absolute atomic E-state index is 12.5. The topological polar surface area (TPSA) is 71.1 Å². The first kappa shape index (κ1) is 19.3. The molecule has 3 aromatic rings. The molecular weight excluding hydrogens is 350 g/mol. The second kappa shape index (κ2) is 10.0. The third-order valence-corrected chi connectivity index (χ3v) is 4.38. The van der Waals surface area contributed by atoms with Gasteiger partial charge in [0.15, 0.2) is 0 Å². The highest BCUT2D eigenvalue weighted by Gasteiger charge is 2.16. The van der Waals surface area contributed by atoms with E-state index in [1.54, 1.807) is 24.5 Å². The van der Waals surface area contributed by atoms with Crippen molar-refractivity contribution >= 4 is 11.8 Å². The van der Waals surface area contributed by atoms with E-state index in [1.165, 1.54) is 0 Å². The number of hydrogen-bond donors (Lipinski definition) is 2. The molecule has 0 saturated heterocycles. The van der Waals surface area contributed by atoms with Gasteiger partial charge in [-0.2, -0.15) is 0 Å². The zero-order valence-electron chi connectivity index (χ0n) is 15.5. The van der Waals surface area contributed by atoms with Crippen LogP contribution in [0.4, 0.5) is 0 Å². The fraction of sp³-hybridized carbons (Fsp3) is 0.174. The minimum Gasteiger partial charge on any atom is -0.352 e. The number of hydrogen-bond acceptors (Lipinski definition) is 3. The summed E-state index contributed by atoms with van der Waals surface area (Å²) in [5.74, 6) is -0.181. The molecule has 142 valence electrons. The summed E-state index contributed by atoms with van der Waals surface area (Å²) < 4.78 is 0. The van der Waals surface area contributed by atoms with Crippen LogP contribution in [0.25, 0.3) is 0 Å². The van der Waals surface area contributed by atoms with Gasteiger partial charge in [0.05, 0.1) is 6.04 Å². The number of amides is 2. The molecule has 3 rings (SSSR count). The highest BCUT2D eigenvalue weighted by Crippen LogP contribution is 2.21. The highest BCUT2D eigenvalue weighted by atomic mass is 16.2. The van der Waals surface area contributed by atoms with Crippen LogP contribution >= 0.6 is 0 Å². The van der Waals surface area contributed by atoms with Gasteiger partial charge in [-0.3, -0.25) is 14.6 Å². The van der Waals surface area contributed by atoms with Crippen LogP contribution < -0.4 is 10.6 Å². The largest absolute Gasteiger partial charge is 0.352 e. The number of benzene rings is 2. The Bertz CT molecular complexity index is 844. The SMILES string of the molecule is O=C(CCCNC(=O)c1ccccc1)NC(c1ccccc1)c1ccncc1. The maximum Gasteiger partial charge on any atom is 0.251 e. The second-order valence-corrected chi connectivity index (χ2v) is 6.42. The molecule has 28 heavy (non-hydrogen) atoms. The summed E-state index contributed by atoms with van der Waals surface area (Å²) in [7, 11) is 0. The lowest BCUT2D eigenvalue weighted by molar-refractivity contribution is -0.121. The van der Waals surface area contributed by atoms with E-state index in [2.05, 4.69) is 15.6 Å². The molecule has 5 nitrogen and oxygen atoms in total. The van der Waals surface area contributed by atoms with Crippen LogP contribution in [0.1, 0.15) is 40.4 Å². The monoisotopic (exact) mass is 373 g/mol. The van der Waals surface area contributed by atoms with Crippen molar-refractivity contribution in [3.63, 3.8) is 0 Å². The van der Waals surface area contributed by atoms with Crippen LogP contribution in [0.15, 0.2) is 85.2 Å². The molecule has 0 spiro atoms. The molecule has 1 atom stereocenters. The molecule has 0 aliphatic heterocycles. The summed E-state index contributed by atoms with van der Waals surface area (Å²) in [5.41, 5.74) is 2.61. The normalized spacial score (nSPS) is 11.4. The molecule has 0 saturated carbocycles. The van der Waals surface area contributed by atoms with Gasteiger partial charge in [0.1, 0.15) is 0 Å². The Hall–Kier alpha value is -3.47. The van der Waals surface area contributed by atoms with Crippen LogP contribution in [0, 0.1) is 0 Å². The van der Waals surface area contributed by atoms with Gasteiger partial charge in [0.2, 0.25) is 5.91 Å². The summed E-state index contributed by atoms with van der Waals surface area (Å²) >= 11 is 0. The average molecular weight is 373 g/mol. The predicted molar refractivity (Wildman–Crippen MR) is 109 cm³/mol. The Morgan fingerprint density at radius 1 is 0.821 bits per heavy atom. The first-order valence-electron chi connectivity index (χ1n) is 9.31. The number of carbonyl (C=O) groups excluding carboxylic acids is 2. The van der Waals surface area contributed by atoms with Gasteiger partial charge in [-0.05, 0) is 41.8 Å². The van der Waals surface area contributed by atoms with Gasteiger partial charge in [0.25, 0.3) is 5.91 Å². The lowest BCUT2D eigenvalue weighted by Gasteiger charge is -2.19. The zero-order chi connectivity index (χ0) is 19.6. The van der Waals surface area contributed by atoms with E-state index in [4.69, 9.17) is 0 Å². The van der Waals surface area contributed by atoms with Gasteiger partial charge in [-0.25, -0.2) is 0 Å². The lowest BCUT2D eigenvalue weighted by Crippen LogP contribution is -2.30. The van der Waals surface area contributed by atoms with Crippen LogP contribution in [-0.2, 0) is 4.79 Å². The van der Waals surface area contributed by atoms with Crippen molar-refractivity contribution < 1.29 is 9.59 Å². The molecule has 2 N–H and O–H groups in total. The minimum atomic E-state index is -0.226. The molecule has 0 fully saturated rings. The van der Waals surface area contributed by atoms with Crippen molar-refractivity contribution in [1.82, 2.24) is 15.6 Å². The molecule has 5 heteroatoms. The van der Waals surface area contributed by atoms with Crippen LogP contribution in [0.2, 0.25) is 0 Å². The molecular formula is C23H23N3O2.